The van der Waals surface area contributed by atoms with E-state index in [1.54, 1.807) is 6.92 Å². The van der Waals surface area contributed by atoms with Crippen molar-refractivity contribution in [1.82, 2.24) is 9.97 Å². The van der Waals surface area contributed by atoms with Crippen LogP contribution in [0.15, 0.2) is 0 Å². The Balaban J connectivity index is 3.01. The second kappa shape index (κ2) is 3.61. The molecule has 0 spiro atoms. The predicted molar refractivity (Wildman–Crippen MR) is 45.7 cm³/mol. The zero-order chi connectivity index (χ0) is 10.9. The average Bonchev–Trinajstić information content (AvgIpc) is 2.43. The lowest BCUT2D eigenvalue weighted by molar-refractivity contribution is -0.150. The van der Waals surface area contributed by atoms with Crippen LogP contribution >= 0.6 is 0 Å². The summed E-state index contributed by atoms with van der Waals surface area (Å²) in [6.45, 7) is 3.34. The molecule has 1 aromatic rings. The van der Waals surface area contributed by atoms with Crippen LogP contribution in [0, 0.1) is 6.92 Å². The van der Waals surface area contributed by atoms with Crippen molar-refractivity contribution in [2.45, 2.75) is 32.5 Å². The number of nitrogens with two attached hydrogens (primary N) is 1. The quantitative estimate of drug-likeness (QED) is 0.777. The SMILES string of the molecule is CCc1nc(C(N)C(F)(F)F)c(C)[nH]1. The van der Waals surface area contributed by atoms with Crippen LogP contribution in [0.3, 0.4) is 0 Å². The zero-order valence-corrected chi connectivity index (χ0v) is 7.94. The molecular formula is C8H12F3N3. The van der Waals surface area contributed by atoms with E-state index >= 15 is 0 Å². The Hall–Kier alpha value is -1.04. The Morgan fingerprint density at radius 1 is 1.50 bits per heavy atom. The third-order valence-electron chi connectivity index (χ3n) is 1.95. The van der Waals surface area contributed by atoms with Gasteiger partial charge < -0.3 is 10.7 Å². The highest BCUT2D eigenvalue weighted by atomic mass is 19.4. The number of rotatable bonds is 2. The first-order chi connectivity index (χ1) is 6.36. The van der Waals surface area contributed by atoms with Gasteiger partial charge in [-0.3, -0.25) is 0 Å². The van der Waals surface area contributed by atoms with Crippen LogP contribution in [-0.2, 0) is 6.42 Å². The molecule has 0 saturated carbocycles. The second-order valence-electron chi connectivity index (χ2n) is 3.07. The first-order valence-electron chi connectivity index (χ1n) is 4.24. The maximum atomic E-state index is 12.2. The summed E-state index contributed by atoms with van der Waals surface area (Å²) in [7, 11) is 0. The molecule has 0 radical (unpaired) electrons. The fraction of sp³-hybridized carbons (Fsp3) is 0.625. The Labute approximate surface area is 79.5 Å². The minimum atomic E-state index is -4.44. The van der Waals surface area contributed by atoms with E-state index in [-0.39, 0.29) is 5.69 Å². The molecule has 80 valence electrons. The molecule has 0 aromatic carbocycles. The molecule has 0 aliphatic rings. The molecule has 0 amide bonds. The maximum absolute atomic E-state index is 12.2. The maximum Gasteiger partial charge on any atom is 0.409 e. The fourth-order valence-corrected chi connectivity index (χ4v) is 1.16. The summed E-state index contributed by atoms with van der Waals surface area (Å²) in [4.78, 5) is 6.55. The Morgan fingerprint density at radius 2 is 2.07 bits per heavy atom. The molecule has 0 aliphatic heterocycles. The highest BCUT2D eigenvalue weighted by Gasteiger charge is 2.40. The van der Waals surface area contributed by atoms with Gasteiger partial charge in [0, 0.05) is 12.1 Å². The average molecular weight is 207 g/mol. The molecule has 14 heavy (non-hydrogen) atoms. The van der Waals surface area contributed by atoms with Gasteiger partial charge in [-0.05, 0) is 6.92 Å². The van der Waals surface area contributed by atoms with Gasteiger partial charge in [0.15, 0.2) is 0 Å². The van der Waals surface area contributed by atoms with Crippen LogP contribution in [0.1, 0.15) is 30.2 Å². The van der Waals surface area contributed by atoms with E-state index in [0.29, 0.717) is 17.9 Å². The van der Waals surface area contributed by atoms with Gasteiger partial charge in [0.2, 0.25) is 0 Å². The van der Waals surface area contributed by atoms with Gasteiger partial charge in [0.25, 0.3) is 0 Å². The third-order valence-corrected chi connectivity index (χ3v) is 1.95. The van der Waals surface area contributed by atoms with E-state index in [2.05, 4.69) is 9.97 Å². The summed E-state index contributed by atoms with van der Waals surface area (Å²) >= 11 is 0. The van der Waals surface area contributed by atoms with Gasteiger partial charge in [0.1, 0.15) is 11.9 Å². The van der Waals surface area contributed by atoms with Crippen LogP contribution in [0.25, 0.3) is 0 Å². The van der Waals surface area contributed by atoms with Crippen molar-refractivity contribution >= 4 is 0 Å². The summed E-state index contributed by atoms with van der Waals surface area (Å²) in [5.41, 5.74) is 5.30. The van der Waals surface area contributed by atoms with Crippen LogP contribution in [-0.4, -0.2) is 16.1 Å². The number of aromatic nitrogens is 2. The highest BCUT2D eigenvalue weighted by molar-refractivity contribution is 5.18. The van der Waals surface area contributed by atoms with Crippen molar-refractivity contribution in [3.63, 3.8) is 0 Å². The summed E-state index contributed by atoms with van der Waals surface area (Å²) in [6, 6.07) is -2.00. The lowest BCUT2D eigenvalue weighted by Gasteiger charge is -2.13. The molecule has 0 fully saturated rings. The van der Waals surface area contributed by atoms with Gasteiger partial charge in [0.05, 0.1) is 5.69 Å². The number of halogens is 3. The minimum absolute atomic E-state index is 0.116. The number of hydrogen-bond acceptors (Lipinski definition) is 2. The van der Waals surface area contributed by atoms with E-state index in [9.17, 15) is 13.2 Å². The van der Waals surface area contributed by atoms with E-state index in [1.807, 2.05) is 0 Å². The number of H-pyrrole nitrogens is 1. The lowest BCUT2D eigenvalue weighted by atomic mass is 10.2. The number of aryl methyl sites for hydroxylation is 2. The topological polar surface area (TPSA) is 54.7 Å². The molecule has 0 bridgehead atoms. The molecule has 1 heterocycles. The molecule has 0 aliphatic carbocycles. The molecule has 1 atom stereocenters. The molecule has 1 unspecified atom stereocenters. The first-order valence-corrected chi connectivity index (χ1v) is 4.24. The third kappa shape index (κ3) is 2.06. The largest absolute Gasteiger partial charge is 0.409 e. The van der Waals surface area contributed by atoms with Crippen molar-refractivity contribution in [2.75, 3.05) is 0 Å². The summed E-state index contributed by atoms with van der Waals surface area (Å²) in [5, 5.41) is 0. The van der Waals surface area contributed by atoms with Gasteiger partial charge in [-0.15, -0.1) is 0 Å². The summed E-state index contributed by atoms with van der Waals surface area (Å²) < 4.78 is 36.7. The summed E-state index contributed by atoms with van der Waals surface area (Å²) in [5.74, 6) is 0.525. The lowest BCUT2D eigenvalue weighted by Crippen LogP contribution is -2.29. The first kappa shape index (κ1) is 11.0. The van der Waals surface area contributed by atoms with Gasteiger partial charge in [-0.1, -0.05) is 6.92 Å². The van der Waals surface area contributed by atoms with Crippen LogP contribution < -0.4 is 5.73 Å². The monoisotopic (exact) mass is 207 g/mol. The van der Waals surface area contributed by atoms with E-state index in [0.717, 1.165) is 0 Å². The fourth-order valence-electron chi connectivity index (χ4n) is 1.16. The number of alkyl halides is 3. The molecular weight excluding hydrogens is 195 g/mol. The smallest absolute Gasteiger partial charge is 0.346 e. The second-order valence-corrected chi connectivity index (χ2v) is 3.07. The van der Waals surface area contributed by atoms with Crippen molar-refractivity contribution < 1.29 is 13.2 Å². The number of hydrogen-bond donors (Lipinski definition) is 2. The van der Waals surface area contributed by atoms with Crippen molar-refractivity contribution in [3.8, 4) is 0 Å². The number of aromatic amines is 1. The molecule has 3 nitrogen and oxygen atoms in total. The number of imidazole rings is 1. The standard InChI is InChI=1S/C8H12F3N3/c1-3-5-13-4(2)6(14-5)7(12)8(9,10)11/h7H,3,12H2,1-2H3,(H,13,14). The minimum Gasteiger partial charge on any atom is -0.346 e. The number of nitrogens with zero attached hydrogens (tertiary/aromatic N) is 1. The zero-order valence-electron chi connectivity index (χ0n) is 7.94. The van der Waals surface area contributed by atoms with Gasteiger partial charge >= 0.3 is 6.18 Å². The van der Waals surface area contributed by atoms with Crippen LogP contribution in [0.5, 0.6) is 0 Å². The Bertz CT molecular complexity index is 316. The van der Waals surface area contributed by atoms with Gasteiger partial charge in [-0.25, -0.2) is 4.98 Å². The molecule has 1 rings (SSSR count). The van der Waals surface area contributed by atoms with Crippen molar-refractivity contribution in [3.05, 3.63) is 17.2 Å². The highest BCUT2D eigenvalue weighted by Crippen LogP contribution is 2.30. The van der Waals surface area contributed by atoms with E-state index in [1.165, 1.54) is 6.92 Å². The summed E-state index contributed by atoms with van der Waals surface area (Å²) in [6.07, 6.45) is -3.88. The molecule has 6 heteroatoms. The van der Waals surface area contributed by atoms with Gasteiger partial charge in [-0.2, -0.15) is 13.2 Å². The normalized spacial score (nSPS) is 14.4. The Kier molecular flexibility index (Phi) is 2.84. The number of nitrogens with one attached hydrogen (secondary N) is 1. The van der Waals surface area contributed by atoms with E-state index < -0.39 is 12.2 Å². The van der Waals surface area contributed by atoms with Crippen molar-refractivity contribution in [2.24, 2.45) is 5.73 Å². The Morgan fingerprint density at radius 3 is 2.43 bits per heavy atom. The van der Waals surface area contributed by atoms with Crippen LogP contribution in [0.4, 0.5) is 13.2 Å². The van der Waals surface area contributed by atoms with E-state index in [4.69, 9.17) is 5.73 Å². The predicted octanol–water partition coefficient (Wildman–Crippen LogP) is 1.84. The molecule has 1 aromatic heterocycles. The van der Waals surface area contributed by atoms with Crippen molar-refractivity contribution in [1.29, 1.82) is 0 Å². The molecule has 0 saturated heterocycles. The van der Waals surface area contributed by atoms with Crippen LogP contribution in [0.2, 0.25) is 0 Å². The molecule has 3 N–H and O–H groups in total.